The summed E-state index contributed by atoms with van der Waals surface area (Å²) in [6.07, 6.45) is 0. The highest BCUT2D eigenvalue weighted by molar-refractivity contribution is 5.84. The number of aryl methyl sites for hydroxylation is 3. The van der Waals surface area contributed by atoms with Crippen LogP contribution in [-0.4, -0.2) is 4.57 Å². The summed E-state index contributed by atoms with van der Waals surface area (Å²) in [4.78, 5) is 12.8. The highest BCUT2D eigenvalue weighted by Gasteiger charge is 2.13. The molecular formula is C18H18N2O. The Balaban J connectivity index is 2.44. The molecule has 1 aromatic heterocycles. The maximum absolute atomic E-state index is 12.8. The van der Waals surface area contributed by atoms with Crippen molar-refractivity contribution in [1.29, 1.82) is 0 Å². The number of nitrogens with two attached hydrogens (primary N) is 1. The van der Waals surface area contributed by atoms with Gasteiger partial charge in [0.25, 0.3) is 5.56 Å². The van der Waals surface area contributed by atoms with Crippen LogP contribution in [0.1, 0.15) is 16.7 Å². The molecule has 21 heavy (non-hydrogen) atoms. The van der Waals surface area contributed by atoms with Crippen LogP contribution in [-0.2, 0) is 0 Å². The summed E-state index contributed by atoms with van der Waals surface area (Å²) < 4.78 is 1.62. The third-order valence-corrected chi connectivity index (χ3v) is 3.81. The van der Waals surface area contributed by atoms with E-state index in [2.05, 4.69) is 19.1 Å². The predicted octanol–water partition coefficient (Wildman–Crippen LogP) is 3.50. The number of hydrogen-bond donors (Lipinski definition) is 1. The van der Waals surface area contributed by atoms with Crippen LogP contribution in [0.25, 0.3) is 16.5 Å². The molecule has 3 aromatic rings. The van der Waals surface area contributed by atoms with Crippen LogP contribution < -0.4 is 11.3 Å². The Kier molecular flexibility index (Phi) is 3.05. The van der Waals surface area contributed by atoms with E-state index in [4.69, 9.17) is 5.73 Å². The smallest absolute Gasteiger partial charge is 0.264 e. The quantitative estimate of drug-likeness (QED) is 0.740. The maximum Gasteiger partial charge on any atom is 0.264 e. The Morgan fingerprint density at radius 2 is 1.57 bits per heavy atom. The molecule has 1 heterocycles. The summed E-state index contributed by atoms with van der Waals surface area (Å²) in [7, 11) is 0. The minimum absolute atomic E-state index is 0.0688. The Labute approximate surface area is 123 Å². The van der Waals surface area contributed by atoms with E-state index in [0.717, 1.165) is 22.2 Å². The van der Waals surface area contributed by atoms with Crippen LogP contribution in [0.15, 0.2) is 47.3 Å². The molecule has 0 spiro atoms. The lowest BCUT2D eigenvalue weighted by Gasteiger charge is -2.17. The molecule has 0 aliphatic carbocycles. The molecule has 0 atom stereocenters. The number of anilines is 1. The first-order chi connectivity index (χ1) is 9.99. The highest BCUT2D eigenvalue weighted by atomic mass is 16.1. The number of pyridine rings is 1. The van der Waals surface area contributed by atoms with Gasteiger partial charge in [0.05, 0.1) is 5.69 Å². The van der Waals surface area contributed by atoms with E-state index >= 15 is 0 Å². The van der Waals surface area contributed by atoms with Crippen LogP contribution in [0.4, 0.5) is 5.82 Å². The van der Waals surface area contributed by atoms with Gasteiger partial charge in [0.1, 0.15) is 5.82 Å². The predicted molar refractivity (Wildman–Crippen MR) is 88.2 cm³/mol. The van der Waals surface area contributed by atoms with Gasteiger partial charge in [-0.3, -0.25) is 9.36 Å². The zero-order valence-electron chi connectivity index (χ0n) is 12.5. The minimum atomic E-state index is -0.0688. The average Bonchev–Trinajstić information content (AvgIpc) is 2.41. The largest absolute Gasteiger partial charge is 0.385 e. The number of hydrogen-bond acceptors (Lipinski definition) is 2. The fraction of sp³-hybridized carbons (Fsp3) is 0.167. The monoisotopic (exact) mass is 278 g/mol. The van der Waals surface area contributed by atoms with Gasteiger partial charge in [-0.05, 0) is 49.4 Å². The lowest BCUT2D eigenvalue weighted by atomic mass is 10.0. The van der Waals surface area contributed by atoms with Gasteiger partial charge in [-0.1, -0.05) is 35.9 Å². The first-order valence-corrected chi connectivity index (χ1v) is 6.97. The molecule has 0 aliphatic heterocycles. The van der Waals surface area contributed by atoms with E-state index in [0.29, 0.717) is 11.2 Å². The molecule has 3 heteroatoms. The molecule has 3 rings (SSSR count). The topological polar surface area (TPSA) is 48.0 Å². The number of fused-ring (bicyclic) bond motifs is 1. The lowest BCUT2D eigenvalue weighted by Crippen LogP contribution is -2.23. The van der Waals surface area contributed by atoms with E-state index in [1.54, 1.807) is 4.57 Å². The normalized spacial score (nSPS) is 11.0. The average molecular weight is 278 g/mol. The first kappa shape index (κ1) is 13.4. The van der Waals surface area contributed by atoms with Gasteiger partial charge < -0.3 is 5.73 Å². The maximum atomic E-state index is 12.8. The molecule has 0 aliphatic rings. The minimum Gasteiger partial charge on any atom is -0.385 e. The third kappa shape index (κ3) is 2.11. The number of nitrogens with zero attached hydrogens (tertiary/aromatic N) is 1. The fourth-order valence-corrected chi connectivity index (χ4v) is 3.03. The van der Waals surface area contributed by atoms with Crippen molar-refractivity contribution in [3.05, 3.63) is 69.5 Å². The number of aromatic nitrogens is 1. The first-order valence-electron chi connectivity index (χ1n) is 6.97. The second kappa shape index (κ2) is 4.77. The fourth-order valence-electron chi connectivity index (χ4n) is 3.03. The summed E-state index contributed by atoms with van der Waals surface area (Å²) in [6, 6.07) is 13.5. The molecule has 0 saturated heterocycles. The van der Waals surface area contributed by atoms with Crippen molar-refractivity contribution >= 4 is 16.6 Å². The summed E-state index contributed by atoms with van der Waals surface area (Å²) in [5, 5.41) is 1.56. The number of nitrogen functional groups attached to an aromatic ring is 1. The van der Waals surface area contributed by atoms with Crippen LogP contribution in [0, 0.1) is 20.8 Å². The molecule has 0 unspecified atom stereocenters. The molecule has 106 valence electrons. The zero-order valence-corrected chi connectivity index (χ0v) is 12.5. The molecule has 2 N–H and O–H groups in total. The van der Waals surface area contributed by atoms with Gasteiger partial charge in [-0.15, -0.1) is 0 Å². The van der Waals surface area contributed by atoms with Crippen LogP contribution >= 0.6 is 0 Å². The Bertz CT molecular complexity index is 884. The van der Waals surface area contributed by atoms with E-state index in [9.17, 15) is 4.79 Å². The van der Waals surface area contributed by atoms with Crippen molar-refractivity contribution in [2.24, 2.45) is 0 Å². The van der Waals surface area contributed by atoms with Crippen molar-refractivity contribution in [3.63, 3.8) is 0 Å². The molecule has 0 radical (unpaired) electrons. The Morgan fingerprint density at radius 1 is 0.952 bits per heavy atom. The van der Waals surface area contributed by atoms with Gasteiger partial charge >= 0.3 is 0 Å². The van der Waals surface area contributed by atoms with E-state index in [1.165, 1.54) is 5.56 Å². The summed E-state index contributed by atoms with van der Waals surface area (Å²) in [5.41, 5.74) is 10.3. The van der Waals surface area contributed by atoms with Crippen LogP contribution in [0.3, 0.4) is 0 Å². The van der Waals surface area contributed by atoms with E-state index in [1.807, 2.05) is 44.2 Å². The third-order valence-electron chi connectivity index (χ3n) is 3.81. The van der Waals surface area contributed by atoms with Crippen molar-refractivity contribution < 1.29 is 0 Å². The number of rotatable bonds is 1. The van der Waals surface area contributed by atoms with Gasteiger partial charge in [0.2, 0.25) is 0 Å². The zero-order chi connectivity index (χ0) is 15.1. The molecule has 2 aromatic carbocycles. The molecule has 0 fully saturated rings. The summed E-state index contributed by atoms with van der Waals surface area (Å²) >= 11 is 0. The van der Waals surface area contributed by atoms with E-state index in [-0.39, 0.29) is 5.56 Å². The molecule has 0 saturated carbocycles. The highest BCUT2D eigenvalue weighted by Crippen LogP contribution is 2.24. The second-order valence-electron chi connectivity index (χ2n) is 5.54. The number of benzene rings is 2. The van der Waals surface area contributed by atoms with Crippen molar-refractivity contribution in [3.8, 4) is 5.69 Å². The summed E-state index contributed by atoms with van der Waals surface area (Å²) in [5.74, 6) is 0.466. The van der Waals surface area contributed by atoms with Gasteiger partial charge in [0, 0.05) is 5.39 Å². The van der Waals surface area contributed by atoms with Crippen molar-refractivity contribution in [2.75, 3.05) is 5.73 Å². The van der Waals surface area contributed by atoms with Gasteiger partial charge in [-0.25, -0.2) is 0 Å². The van der Waals surface area contributed by atoms with Crippen molar-refractivity contribution in [2.45, 2.75) is 20.8 Å². The van der Waals surface area contributed by atoms with Gasteiger partial charge in [0.15, 0.2) is 0 Å². The lowest BCUT2D eigenvalue weighted by molar-refractivity contribution is 0.991. The van der Waals surface area contributed by atoms with Gasteiger partial charge in [-0.2, -0.15) is 0 Å². The molecule has 0 amide bonds. The second-order valence-corrected chi connectivity index (χ2v) is 5.54. The molecular weight excluding hydrogens is 260 g/mol. The van der Waals surface area contributed by atoms with E-state index < -0.39 is 0 Å². The van der Waals surface area contributed by atoms with Crippen molar-refractivity contribution in [1.82, 2.24) is 4.57 Å². The Hall–Kier alpha value is -2.55. The summed E-state index contributed by atoms with van der Waals surface area (Å²) in [6.45, 7) is 6.07. The van der Waals surface area contributed by atoms with Crippen LogP contribution in [0.5, 0.6) is 0 Å². The molecule has 0 bridgehead atoms. The van der Waals surface area contributed by atoms with Crippen LogP contribution in [0.2, 0.25) is 0 Å². The Morgan fingerprint density at radius 3 is 2.24 bits per heavy atom. The standard InChI is InChI=1S/C18H18N2O/c1-11-8-12(2)17(13(3)9-11)20-16(19)10-14-6-4-5-7-15(14)18(20)21/h4-10H,19H2,1-3H3. The molecule has 3 nitrogen and oxygen atoms in total. The SMILES string of the molecule is Cc1cc(C)c(-n2c(N)cc3ccccc3c2=O)c(C)c1.